The summed E-state index contributed by atoms with van der Waals surface area (Å²) in [5.74, 6) is 0.254. The normalized spacial score (nSPS) is 15.2. The summed E-state index contributed by atoms with van der Waals surface area (Å²) in [5.41, 5.74) is 6.81. The van der Waals surface area contributed by atoms with Gasteiger partial charge >= 0.3 is 0 Å². The summed E-state index contributed by atoms with van der Waals surface area (Å²) in [6, 6.07) is 10.6. The summed E-state index contributed by atoms with van der Waals surface area (Å²) in [7, 11) is 0. The molecule has 19 heavy (non-hydrogen) atoms. The van der Waals surface area contributed by atoms with Crippen molar-refractivity contribution in [2.75, 3.05) is 0 Å². The van der Waals surface area contributed by atoms with Crippen molar-refractivity contribution >= 4 is 5.84 Å². The lowest BCUT2D eigenvalue weighted by molar-refractivity contribution is 0.315. The second kappa shape index (κ2) is 8.53. The van der Waals surface area contributed by atoms with Crippen molar-refractivity contribution in [2.24, 2.45) is 10.9 Å². The number of amidine groups is 1. The van der Waals surface area contributed by atoms with Crippen molar-refractivity contribution in [3.05, 3.63) is 35.9 Å². The number of nitrogens with zero attached hydrogens (tertiary/aromatic N) is 1. The summed E-state index contributed by atoms with van der Waals surface area (Å²) < 4.78 is 0. The zero-order valence-electron chi connectivity index (χ0n) is 11.8. The molecule has 1 rings (SSSR count). The second-order valence-electron chi connectivity index (χ2n) is 4.97. The number of rotatable bonds is 8. The van der Waals surface area contributed by atoms with Crippen LogP contribution < -0.4 is 11.1 Å². The molecule has 0 saturated carbocycles. The van der Waals surface area contributed by atoms with Gasteiger partial charge in [0.05, 0.1) is 0 Å². The van der Waals surface area contributed by atoms with Crippen molar-refractivity contribution in [1.29, 1.82) is 0 Å². The largest absolute Gasteiger partial charge is 0.409 e. The highest BCUT2D eigenvalue weighted by Crippen LogP contribution is 2.18. The van der Waals surface area contributed by atoms with E-state index in [2.05, 4.69) is 36.5 Å². The van der Waals surface area contributed by atoms with E-state index in [0.29, 0.717) is 12.5 Å². The molecule has 4 heteroatoms. The van der Waals surface area contributed by atoms with Crippen LogP contribution in [0.2, 0.25) is 0 Å². The summed E-state index contributed by atoms with van der Waals surface area (Å²) in [6.45, 7) is 4.37. The zero-order chi connectivity index (χ0) is 14.1. The van der Waals surface area contributed by atoms with E-state index < -0.39 is 0 Å². The van der Waals surface area contributed by atoms with Gasteiger partial charge in [-0.15, -0.1) is 0 Å². The lowest BCUT2D eigenvalue weighted by atomic mass is 10.0. The van der Waals surface area contributed by atoms with Crippen LogP contribution in [0.5, 0.6) is 0 Å². The van der Waals surface area contributed by atoms with Gasteiger partial charge in [-0.1, -0.05) is 55.3 Å². The quantitative estimate of drug-likeness (QED) is 0.292. The van der Waals surface area contributed by atoms with Gasteiger partial charge in [-0.25, -0.2) is 0 Å². The lowest BCUT2D eigenvalue weighted by Crippen LogP contribution is -2.33. The molecule has 2 unspecified atom stereocenters. The molecule has 0 aliphatic rings. The first kappa shape index (κ1) is 15.5. The van der Waals surface area contributed by atoms with Crippen LogP contribution in [0.25, 0.3) is 0 Å². The second-order valence-corrected chi connectivity index (χ2v) is 4.97. The highest BCUT2D eigenvalue weighted by molar-refractivity contribution is 5.80. The molecule has 0 aliphatic carbocycles. The van der Waals surface area contributed by atoms with Crippen LogP contribution >= 0.6 is 0 Å². The van der Waals surface area contributed by atoms with Crippen molar-refractivity contribution in [3.63, 3.8) is 0 Å². The Bertz CT molecular complexity index is 378. The molecule has 2 atom stereocenters. The van der Waals surface area contributed by atoms with E-state index in [9.17, 15) is 0 Å². The van der Waals surface area contributed by atoms with Crippen LogP contribution in [0.3, 0.4) is 0 Å². The number of benzene rings is 1. The molecule has 106 valence electrons. The maximum Gasteiger partial charge on any atom is 0.141 e. The Hall–Kier alpha value is -1.55. The van der Waals surface area contributed by atoms with Gasteiger partial charge in [0.1, 0.15) is 5.84 Å². The Kier molecular flexibility index (Phi) is 6.97. The molecule has 1 aromatic carbocycles. The van der Waals surface area contributed by atoms with Gasteiger partial charge in [0.25, 0.3) is 0 Å². The van der Waals surface area contributed by atoms with Crippen LogP contribution in [0.1, 0.15) is 51.1 Å². The fourth-order valence-corrected chi connectivity index (χ4v) is 2.15. The van der Waals surface area contributed by atoms with E-state index in [0.717, 1.165) is 12.0 Å². The predicted octanol–water partition coefficient (Wildman–Crippen LogP) is 3.03. The Labute approximate surface area is 115 Å². The fourth-order valence-electron chi connectivity index (χ4n) is 2.15. The number of nitrogens with two attached hydrogens (primary N) is 1. The Balaban J connectivity index is 2.70. The first-order valence-corrected chi connectivity index (χ1v) is 6.94. The van der Waals surface area contributed by atoms with Crippen molar-refractivity contribution < 1.29 is 5.21 Å². The van der Waals surface area contributed by atoms with E-state index >= 15 is 0 Å². The number of unbranched alkanes of at least 4 members (excludes halogenated alkanes) is 1. The zero-order valence-corrected chi connectivity index (χ0v) is 11.8. The van der Waals surface area contributed by atoms with Crippen molar-refractivity contribution in [2.45, 2.75) is 51.6 Å². The molecular weight excluding hydrogens is 238 g/mol. The van der Waals surface area contributed by atoms with E-state index in [4.69, 9.17) is 10.9 Å². The molecule has 0 saturated heterocycles. The highest BCUT2D eigenvalue weighted by Gasteiger charge is 2.15. The Morgan fingerprint density at radius 2 is 2.05 bits per heavy atom. The molecular formula is C15H25N3O. The summed E-state index contributed by atoms with van der Waals surface area (Å²) in [4.78, 5) is 0. The van der Waals surface area contributed by atoms with Gasteiger partial charge in [0.2, 0.25) is 0 Å². The third-order valence-corrected chi connectivity index (χ3v) is 3.22. The van der Waals surface area contributed by atoms with E-state index in [1.54, 1.807) is 0 Å². The first-order chi connectivity index (χ1) is 9.17. The highest BCUT2D eigenvalue weighted by atomic mass is 16.4. The summed E-state index contributed by atoms with van der Waals surface area (Å²) >= 11 is 0. The minimum Gasteiger partial charge on any atom is -0.409 e. The minimum absolute atomic E-state index is 0.0870. The van der Waals surface area contributed by atoms with E-state index in [1.807, 2.05) is 18.2 Å². The molecule has 0 aromatic heterocycles. The smallest absolute Gasteiger partial charge is 0.141 e. The Morgan fingerprint density at radius 1 is 1.37 bits per heavy atom. The molecule has 0 bridgehead atoms. The first-order valence-electron chi connectivity index (χ1n) is 6.94. The summed E-state index contributed by atoms with van der Waals surface area (Å²) in [5, 5.41) is 15.4. The SMILES string of the molecule is CCCCC(C)NC(CC(N)=NO)c1ccccc1. The number of oxime groups is 1. The van der Waals surface area contributed by atoms with Crippen LogP contribution in [0.15, 0.2) is 35.5 Å². The lowest BCUT2D eigenvalue weighted by Gasteiger charge is -2.23. The number of nitrogens with one attached hydrogen (secondary N) is 1. The van der Waals surface area contributed by atoms with Crippen molar-refractivity contribution in [1.82, 2.24) is 5.32 Å². The molecule has 1 aromatic rings. The average molecular weight is 263 g/mol. The van der Waals surface area contributed by atoms with Crippen LogP contribution in [0.4, 0.5) is 0 Å². The van der Waals surface area contributed by atoms with E-state index in [1.165, 1.54) is 12.8 Å². The van der Waals surface area contributed by atoms with E-state index in [-0.39, 0.29) is 11.9 Å². The van der Waals surface area contributed by atoms with Gasteiger partial charge in [-0.05, 0) is 18.9 Å². The monoisotopic (exact) mass is 263 g/mol. The molecule has 4 N–H and O–H groups in total. The van der Waals surface area contributed by atoms with Crippen molar-refractivity contribution in [3.8, 4) is 0 Å². The summed E-state index contributed by atoms with van der Waals surface area (Å²) in [6.07, 6.45) is 4.05. The molecule has 0 spiro atoms. The average Bonchev–Trinajstić information content (AvgIpc) is 2.45. The fraction of sp³-hybridized carbons (Fsp3) is 0.533. The molecule has 0 aliphatic heterocycles. The minimum atomic E-state index is 0.0870. The van der Waals surface area contributed by atoms with Gasteiger partial charge in [-0.2, -0.15) is 0 Å². The van der Waals surface area contributed by atoms with Crippen LogP contribution in [0, 0.1) is 0 Å². The maximum absolute atomic E-state index is 8.74. The van der Waals surface area contributed by atoms with Gasteiger partial charge < -0.3 is 16.3 Å². The van der Waals surface area contributed by atoms with Gasteiger partial charge in [0, 0.05) is 18.5 Å². The predicted molar refractivity (Wildman–Crippen MR) is 79.3 cm³/mol. The Morgan fingerprint density at radius 3 is 2.63 bits per heavy atom. The van der Waals surface area contributed by atoms with Crippen LogP contribution in [-0.4, -0.2) is 17.1 Å². The number of hydrogen-bond donors (Lipinski definition) is 3. The third-order valence-electron chi connectivity index (χ3n) is 3.22. The molecule has 0 heterocycles. The number of hydrogen-bond acceptors (Lipinski definition) is 3. The molecule has 0 fully saturated rings. The van der Waals surface area contributed by atoms with Crippen LogP contribution in [-0.2, 0) is 0 Å². The van der Waals surface area contributed by atoms with Gasteiger partial charge in [-0.3, -0.25) is 0 Å². The molecule has 4 nitrogen and oxygen atoms in total. The molecule has 0 amide bonds. The topological polar surface area (TPSA) is 70.6 Å². The third kappa shape index (κ3) is 5.75. The standard InChI is InChI=1S/C15H25N3O/c1-3-4-8-12(2)17-14(11-15(16)18-19)13-9-6-5-7-10-13/h5-7,9-10,12,14,17,19H,3-4,8,11H2,1-2H3,(H2,16,18). The molecule has 0 radical (unpaired) electrons. The van der Waals surface area contributed by atoms with Gasteiger partial charge in [0.15, 0.2) is 0 Å². The maximum atomic E-state index is 8.74.